The van der Waals surface area contributed by atoms with Crippen LogP contribution in [0.5, 0.6) is 11.5 Å². The predicted octanol–water partition coefficient (Wildman–Crippen LogP) is 3.32. The lowest BCUT2D eigenvalue weighted by Crippen LogP contribution is -2.16. The minimum atomic E-state index is -0.533. The average molecular weight is 432 g/mol. The number of methoxy groups -OCH3 is 2. The Morgan fingerprint density at radius 1 is 1.06 bits per heavy atom. The number of primary amides is 1. The van der Waals surface area contributed by atoms with Gasteiger partial charge in [0, 0.05) is 43.8 Å². The van der Waals surface area contributed by atoms with E-state index in [1.54, 1.807) is 37.1 Å². The number of nitrogens with two attached hydrogens (primary N) is 1. The monoisotopic (exact) mass is 432 g/mol. The van der Waals surface area contributed by atoms with Crippen LogP contribution in [0.4, 0.5) is 17.3 Å². The van der Waals surface area contributed by atoms with E-state index in [4.69, 9.17) is 20.2 Å². The van der Waals surface area contributed by atoms with Gasteiger partial charge in [-0.25, -0.2) is 9.97 Å². The molecule has 0 unspecified atom stereocenters. The van der Waals surface area contributed by atoms with Crippen molar-refractivity contribution in [3.63, 3.8) is 0 Å². The summed E-state index contributed by atoms with van der Waals surface area (Å²) >= 11 is 0. The van der Waals surface area contributed by atoms with Gasteiger partial charge in [-0.15, -0.1) is 0 Å². The average Bonchev–Trinajstić information content (AvgIpc) is 3.27. The zero-order valence-corrected chi connectivity index (χ0v) is 18.3. The number of benzene rings is 2. The van der Waals surface area contributed by atoms with Crippen LogP contribution in [-0.2, 0) is 0 Å². The van der Waals surface area contributed by atoms with Crippen molar-refractivity contribution in [1.29, 1.82) is 0 Å². The molecule has 164 valence electrons. The number of aromatic nitrogens is 3. The maximum absolute atomic E-state index is 12.1. The summed E-state index contributed by atoms with van der Waals surface area (Å²) in [4.78, 5) is 23.2. The van der Waals surface area contributed by atoms with Crippen LogP contribution in [0.2, 0.25) is 0 Å². The second-order valence-electron chi connectivity index (χ2n) is 7.30. The zero-order valence-electron chi connectivity index (χ0n) is 18.3. The first-order chi connectivity index (χ1) is 15.4. The molecule has 0 saturated heterocycles. The molecule has 0 spiro atoms. The van der Waals surface area contributed by atoms with Crippen molar-refractivity contribution in [2.75, 3.05) is 38.5 Å². The van der Waals surface area contributed by atoms with E-state index in [1.165, 1.54) is 0 Å². The lowest BCUT2D eigenvalue weighted by Gasteiger charge is -2.17. The number of amides is 1. The Balaban J connectivity index is 1.81. The summed E-state index contributed by atoms with van der Waals surface area (Å²) in [6, 6.07) is 12.9. The molecule has 0 bridgehead atoms. The van der Waals surface area contributed by atoms with Crippen molar-refractivity contribution in [2.24, 2.45) is 5.73 Å². The molecule has 1 amide bonds. The van der Waals surface area contributed by atoms with Crippen LogP contribution in [0.3, 0.4) is 0 Å². The molecule has 0 saturated carbocycles. The van der Waals surface area contributed by atoms with E-state index in [-0.39, 0.29) is 0 Å². The highest BCUT2D eigenvalue weighted by Crippen LogP contribution is 2.33. The van der Waals surface area contributed by atoms with Crippen molar-refractivity contribution >= 4 is 28.9 Å². The fourth-order valence-electron chi connectivity index (χ4n) is 3.40. The van der Waals surface area contributed by atoms with E-state index < -0.39 is 5.91 Å². The molecule has 0 fully saturated rings. The maximum atomic E-state index is 12.1. The van der Waals surface area contributed by atoms with Crippen LogP contribution < -0.4 is 25.4 Å². The maximum Gasteiger partial charge on any atom is 0.250 e. The van der Waals surface area contributed by atoms with Crippen molar-refractivity contribution in [3.8, 4) is 22.8 Å². The first kappa shape index (κ1) is 21.0. The Kier molecular flexibility index (Phi) is 5.55. The summed E-state index contributed by atoms with van der Waals surface area (Å²) in [5.74, 6) is 1.18. The number of hydrogen-bond acceptors (Lipinski definition) is 7. The Labute approximate surface area is 185 Å². The number of rotatable bonds is 7. The molecule has 9 nitrogen and oxygen atoms in total. The summed E-state index contributed by atoms with van der Waals surface area (Å²) in [5.41, 5.74) is 9.63. The van der Waals surface area contributed by atoms with Crippen LogP contribution >= 0.6 is 0 Å². The van der Waals surface area contributed by atoms with Crippen molar-refractivity contribution in [2.45, 2.75) is 0 Å². The van der Waals surface area contributed by atoms with Crippen molar-refractivity contribution in [3.05, 3.63) is 60.4 Å². The molecule has 2 aromatic carbocycles. The molecule has 9 heteroatoms. The zero-order chi connectivity index (χ0) is 22.8. The van der Waals surface area contributed by atoms with E-state index in [9.17, 15) is 4.79 Å². The minimum Gasteiger partial charge on any atom is -0.493 e. The van der Waals surface area contributed by atoms with Gasteiger partial charge in [0.15, 0.2) is 11.5 Å². The normalized spacial score (nSPS) is 10.8. The highest BCUT2D eigenvalue weighted by molar-refractivity contribution is 6.00. The number of hydrogen-bond donors (Lipinski definition) is 2. The molecule has 0 aliphatic rings. The molecular formula is C23H24N6O3. The van der Waals surface area contributed by atoms with Crippen LogP contribution in [0.15, 0.2) is 54.9 Å². The summed E-state index contributed by atoms with van der Waals surface area (Å²) < 4.78 is 12.6. The highest BCUT2D eigenvalue weighted by Gasteiger charge is 2.15. The SMILES string of the molecule is COc1ccc(-c2cc3nccn3c(Nc3ccc(N(C)C)cc3C(N)=O)n2)cc1OC. The molecule has 2 aromatic heterocycles. The molecule has 2 heterocycles. The molecular weight excluding hydrogens is 408 g/mol. The third-order valence-corrected chi connectivity index (χ3v) is 5.10. The number of imidazole rings is 1. The molecule has 32 heavy (non-hydrogen) atoms. The van der Waals surface area contributed by atoms with Gasteiger partial charge in [0.2, 0.25) is 5.95 Å². The van der Waals surface area contributed by atoms with Crippen LogP contribution in [0.1, 0.15) is 10.4 Å². The lowest BCUT2D eigenvalue weighted by molar-refractivity contribution is 0.100. The largest absolute Gasteiger partial charge is 0.493 e. The van der Waals surface area contributed by atoms with E-state index in [2.05, 4.69) is 10.3 Å². The molecule has 0 aliphatic heterocycles. The van der Waals surface area contributed by atoms with Gasteiger partial charge in [-0.1, -0.05) is 0 Å². The van der Waals surface area contributed by atoms with Gasteiger partial charge in [-0.05, 0) is 36.4 Å². The first-order valence-corrected chi connectivity index (χ1v) is 9.86. The summed E-state index contributed by atoms with van der Waals surface area (Å²) in [7, 11) is 6.97. The molecule has 4 rings (SSSR count). The highest BCUT2D eigenvalue weighted by atomic mass is 16.5. The summed E-state index contributed by atoms with van der Waals surface area (Å²) in [5, 5.41) is 3.25. The first-order valence-electron chi connectivity index (χ1n) is 9.86. The number of anilines is 3. The Hall–Kier alpha value is -4.27. The smallest absolute Gasteiger partial charge is 0.250 e. The third-order valence-electron chi connectivity index (χ3n) is 5.10. The standard InChI is InChI=1S/C23H24N6O3/c1-28(2)15-6-7-17(16(12-15)22(24)30)26-23-27-18(13-21-25-9-10-29(21)23)14-5-8-19(31-3)20(11-14)32-4/h5-13H,1-4H3,(H2,24,30)(H,26,27). The summed E-state index contributed by atoms with van der Waals surface area (Å²) in [6.07, 6.45) is 3.48. The van der Waals surface area contributed by atoms with Crippen molar-refractivity contribution < 1.29 is 14.3 Å². The van der Waals surface area contributed by atoms with Gasteiger partial charge >= 0.3 is 0 Å². The second-order valence-corrected chi connectivity index (χ2v) is 7.30. The number of carbonyl (C=O) groups is 1. The van der Waals surface area contributed by atoms with E-state index in [1.807, 2.05) is 55.4 Å². The van der Waals surface area contributed by atoms with Gasteiger partial charge in [-0.3, -0.25) is 9.20 Å². The van der Waals surface area contributed by atoms with Crippen molar-refractivity contribution in [1.82, 2.24) is 14.4 Å². The summed E-state index contributed by atoms with van der Waals surface area (Å²) in [6.45, 7) is 0. The van der Waals surface area contributed by atoms with Gasteiger partial charge in [0.1, 0.15) is 5.65 Å². The van der Waals surface area contributed by atoms with Crippen LogP contribution in [0.25, 0.3) is 16.9 Å². The Morgan fingerprint density at radius 3 is 2.53 bits per heavy atom. The minimum absolute atomic E-state index is 0.364. The molecule has 3 N–H and O–H groups in total. The van der Waals surface area contributed by atoms with Crippen LogP contribution in [0, 0.1) is 0 Å². The van der Waals surface area contributed by atoms with Gasteiger partial charge < -0.3 is 25.4 Å². The Bertz CT molecular complexity index is 1300. The van der Waals surface area contributed by atoms with E-state index in [0.717, 1.165) is 11.3 Å². The molecule has 0 radical (unpaired) electrons. The quantitative estimate of drug-likeness (QED) is 0.461. The molecule has 4 aromatic rings. The number of nitrogens with one attached hydrogen (secondary N) is 1. The second kappa shape index (κ2) is 8.46. The number of fused-ring (bicyclic) bond motifs is 1. The topological polar surface area (TPSA) is 107 Å². The fourth-order valence-corrected chi connectivity index (χ4v) is 3.40. The number of ether oxygens (including phenoxy) is 2. The van der Waals surface area contributed by atoms with E-state index >= 15 is 0 Å². The van der Waals surface area contributed by atoms with Gasteiger partial charge in [0.25, 0.3) is 5.91 Å². The Morgan fingerprint density at radius 2 is 1.84 bits per heavy atom. The number of nitrogens with zero attached hydrogens (tertiary/aromatic N) is 4. The van der Waals surface area contributed by atoms with Crippen LogP contribution in [-0.4, -0.2) is 48.6 Å². The molecule has 0 aliphatic carbocycles. The number of carbonyl (C=O) groups excluding carboxylic acids is 1. The molecule has 0 atom stereocenters. The fraction of sp³-hybridized carbons (Fsp3) is 0.174. The third kappa shape index (κ3) is 3.87. The predicted molar refractivity (Wildman–Crippen MR) is 124 cm³/mol. The lowest BCUT2D eigenvalue weighted by atomic mass is 10.1. The van der Waals surface area contributed by atoms with E-state index in [0.29, 0.717) is 40.0 Å². The van der Waals surface area contributed by atoms with Gasteiger partial charge in [-0.2, -0.15) is 0 Å². The van der Waals surface area contributed by atoms with Gasteiger partial charge in [0.05, 0.1) is 31.2 Å².